The maximum Gasteiger partial charge on any atom is 0.0984 e. The van der Waals surface area contributed by atoms with Gasteiger partial charge < -0.3 is 20.5 Å². The van der Waals surface area contributed by atoms with Crippen molar-refractivity contribution in [1.82, 2.24) is 4.98 Å². The molecule has 0 saturated carbocycles. The van der Waals surface area contributed by atoms with Gasteiger partial charge in [-0.1, -0.05) is 0 Å². The van der Waals surface area contributed by atoms with E-state index in [0.29, 0.717) is 6.54 Å². The van der Waals surface area contributed by atoms with Gasteiger partial charge in [0.15, 0.2) is 0 Å². The van der Waals surface area contributed by atoms with Crippen molar-refractivity contribution in [1.29, 1.82) is 0 Å². The van der Waals surface area contributed by atoms with Gasteiger partial charge in [0.1, 0.15) is 0 Å². The van der Waals surface area contributed by atoms with Gasteiger partial charge in [0.05, 0.1) is 36.4 Å². The molecular weight excluding hydrogens is 230 g/mol. The first-order valence-electron chi connectivity index (χ1n) is 6.33. The Balaban J connectivity index is 2.10. The molecule has 100 valence electrons. The zero-order chi connectivity index (χ0) is 13.1. The summed E-state index contributed by atoms with van der Waals surface area (Å²) < 4.78 is 5.62. The first-order valence-corrected chi connectivity index (χ1v) is 6.33. The molecular formula is C13H21N3O2. The Morgan fingerprint density at radius 2 is 2.33 bits per heavy atom. The Morgan fingerprint density at radius 1 is 1.56 bits per heavy atom. The summed E-state index contributed by atoms with van der Waals surface area (Å²) >= 11 is 0. The molecule has 1 aromatic heterocycles. The number of hydrogen-bond acceptors (Lipinski definition) is 5. The highest BCUT2D eigenvalue weighted by Crippen LogP contribution is 2.20. The van der Waals surface area contributed by atoms with Crippen molar-refractivity contribution in [3.8, 4) is 0 Å². The fraction of sp³-hybridized carbons (Fsp3) is 0.615. The summed E-state index contributed by atoms with van der Waals surface area (Å²) in [5.41, 5.74) is 7.72. The maximum atomic E-state index is 9.21. The van der Waals surface area contributed by atoms with E-state index in [2.05, 4.69) is 9.88 Å². The van der Waals surface area contributed by atoms with Crippen LogP contribution in [0.4, 0.5) is 5.69 Å². The molecule has 2 unspecified atom stereocenters. The number of morpholine rings is 1. The Morgan fingerprint density at radius 3 is 2.89 bits per heavy atom. The number of aliphatic hydroxyl groups excluding tert-OH is 1. The fourth-order valence-corrected chi connectivity index (χ4v) is 2.21. The molecule has 1 aliphatic rings. The van der Waals surface area contributed by atoms with Crippen molar-refractivity contribution in [3.05, 3.63) is 24.0 Å². The van der Waals surface area contributed by atoms with Gasteiger partial charge in [-0.25, -0.2) is 0 Å². The van der Waals surface area contributed by atoms with Crippen LogP contribution in [0.1, 0.15) is 25.6 Å². The second-order valence-electron chi connectivity index (χ2n) is 4.89. The molecule has 0 amide bonds. The van der Waals surface area contributed by atoms with E-state index in [9.17, 15) is 5.11 Å². The minimum Gasteiger partial charge on any atom is -0.394 e. The monoisotopic (exact) mass is 251 g/mol. The summed E-state index contributed by atoms with van der Waals surface area (Å²) in [7, 11) is 0. The van der Waals surface area contributed by atoms with Crippen LogP contribution in [0.2, 0.25) is 0 Å². The molecule has 3 N–H and O–H groups in total. The molecule has 0 aromatic carbocycles. The van der Waals surface area contributed by atoms with Crippen LogP contribution in [0.5, 0.6) is 0 Å². The van der Waals surface area contributed by atoms with Crippen molar-refractivity contribution in [3.63, 3.8) is 0 Å². The minimum atomic E-state index is -0.123. The number of pyridine rings is 1. The van der Waals surface area contributed by atoms with E-state index in [0.717, 1.165) is 17.9 Å². The molecule has 0 spiro atoms. The lowest BCUT2D eigenvalue weighted by atomic mass is 10.2. The van der Waals surface area contributed by atoms with E-state index in [-0.39, 0.29) is 24.9 Å². The lowest BCUT2D eigenvalue weighted by molar-refractivity contribution is -0.0421. The summed E-state index contributed by atoms with van der Waals surface area (Å²) in [6.45, 7) is 5.49. The van der Waals surface area contributed by atoms with Crippen LogP contribution in [-0.2, 0) is 4.74 Å². The van der Waals surface area contributed by atoms with Gasteiger partial charge in [0.25, 0.3) is 0 Å². The fourth-order valence-electron chi connectivity index (χ4n) is 2.21. The predicted octanol–water partition coefficient (Wildman–Crippen LogP) is 0.687. The summed E-state index contributed by atoms with van der Waals surface area (Å²) in [6.07, 6.45) is 1.83. The molecule has 1 aliphatic heterocycles. The number of ether oxygens (including phenoxy) is 1. The van der Waals surface area contributed by atoms with Crippen LogP contribution in [-0.4, -0.2) is 42.0 Å². The van der Waals surface area contributed by atoms with E-state index < -0.39 is 0 Å². The van der Waals surface area contributed by atoms with Gasteiger partial charge in [-0.3, -0.25) is 4.98 Å². The molecule has 0 radical (unpaired) electrons. The minimum absolute atomic E-state index is 0.0478. The van der Waals surface area contributed by atoms with E-state index in [1.165, 1.54) is 0 Å². The van der Waals surface area contributed by atoms with Gasteiger partial charge in [-0.2, -0.15) is 0 Å². The molecule has 2 rings (SSSR count). The number of aromatic nitrogens is 1. The molecule has 0 aliphatic carbocycles. The average Bonchev–Trinajstić information content (AvgIpc) is 2.38. The Bertz CT molecular complexity index is 380. The number of nitrogens with zero attached hydrogens (tertiary/aromatic N) is 2. The first-order chi connectivity index (χ1) is 8.60. The molecule has 5 nitrogen and oxygen atoms in total. The molecule has 3 atom stereocenters. The Labute approximate surface area is 108 Å². The third-order valence-corrected chi connectivity index (χ3v) is 3.13. The second-order valence-corrected chi connectivity index (χ2v) is 4.89. The summed E-state index contributed by atoms with van der Waals surface area (Å²) in [6, 6.07) is 3.93. The molecule has 2 heterocycles. The van der Waals surface area contributed by atoms with Crippen molar-refractivity contribution in [2.75, 3.05) is 24.6 Å². The lowest BCUT2D eigenvalue weighted by Crippen LogP contribution is -2.48. The van der Waals surface area contributed by atoms with Crippen LogP contribution < -0.4 is 10.6 Å². The zero-order valence-corrected chi connectivity index (χ0v) is 10.9. The zero-order valence-electron chi connectivity index (χ0n) is 10.9. The number of rotatable bonds is 3. The van der Waals surface area contributed by atoms with Crippen LogP contribution in [0, 0.1) is 0 Å². The Hall–Kier alpha value is -1.17. The number of nitrogens with two attached hydrogens (primary N) is 1. The number of hydrogen-bond donors (Lipinski definition) is 2. The molecule has 0 bridgehead atoms. The number of aliphatic hydroxyl groups is 1. The highest BCUT2D eigenvalue weighted by atomic mass is 16.5. The topological polar surface area (TPSA) is 71.6 Å². The number of anilines is 1. The average molecular weight is 251 g/mol. The van der Waals surface area contributed by atoms with Crippen molar-refractivity contribution < 1.29 is 9.84 Å². The predicted molar refractivity (Wildman–Crippen MR) is 70.5 cm³/mol. The van der Waals surface area contributed by atoms with Gasteiger partial charge in [0, 0.05) is 19.1 Å². The van der Waals surface area contributed by atoms with Gasteiger partial charge in [-0.05, 0) is 26.0 Å². The maximum absolute atomic E-state index is 9.21. The van der Waals surface area contributed by atoms with Crippen LogP contribution in [0.3, 0.4) is 0 Å². The van der Waals surface area contributed by atoms with Crippen molar-refractivity contribution in [2.24, 2.45) is 5.73 Å². The van der Waals surface area contributed by atoms with E-state index in [1.54, 1.807) is 0 Å². The normalized spacial score (nSPS) is 26.1. The van der Waals surface area contributed by atoms with Crippen LogP contribution in [0.25, 0.3) is 0 Å². The highest BCUT2D eigenvalue weighted by Gasteiger charge is 2.25. The standard InChI is InChI=1S/C13H21N3O2/c1-9-6-16(7-12(8-17)18-9)11-3-4-13(10(2)14)15-5-11/h3-5,9-10,12,17H,6-8,14H2,1-2H3/t9?,10-,12?/m0/s1. The molecule has 18 heavy (non-hydrogen) atoms. The van der Waals surface area contributed by atoms with Crippen LogP contribution in [0.15, 0.2) is 18.3 Å². The SMILES string of the molecule is CC1CN(c2ccc([C@H](C)N)nc2)CC(CO)O1. The summed E-state index contributed by atoms with van der Waals surface area (Å²) in [4.78, 5) is 6.55. The quantitative estimate of drug-likeness (QED) is 0.827. The highest BCUT2D eigenvalue weighted by molar-refractivity contribution is 5.45. The second kappa shape index (κ2) is 5.65. The third-order valence-electron chi connectivity index (χ3n) is 3.13. The lowest BCUT2D eigenvalue weighted by Gasteiger charge is -2.37. The smallest absolute Gasteiger partial charge is 0.0984 e. The first kappa shape index (κ1) is 13.3. The van der Waals surface area contributed by atoms with Crippen molar-refractivity contribution >= 4 is 5.69 Å². The molecule has 1 saturated heterocycles. The Kier molecular flexibility index (Phi) is 4.16. The summed E-state index contributed by atoms with van der Waals surface area (Å²) in [5.74, 6) is 0. The molecule has 5 heteroatoms. The summed E-state index contributed by atoms with van der Waals surface area (Å²) in [5, 5.41) is 9.21. The van der Waals surface area contributed by atoms with E-state index in [1.807, 2.05) is 32.2 Å². The molecule has 1 fully saturated rings. The molecule has 1 aromatic rings. The van der Waals surface area contributed by atoms with Gasteiger partial charge >= 0.3 is 0 Å². The largest absolute Gasteiger partial charge is 0.394 e. The van der Waals surface area contributed by atoms with E-state index in [4.69, 9.17) is 10.5 Å². The van der Waals surface area contributed by atoms with E-state index >= 15 is 0 Å². The van der Waals surface area contributed by atoms with Gasteiger partial charge in [-0.15, -0.1) is 0 Å². The van der Waals surface area contributed by atoms with Crippen LogP contribution >= 0.6 is 0 Å². The van der Waals surface area contributed by atoms with Gasteiger partial charge in [0.2, 0.25) is 0 Å². The van der Waals surface area contributed by atoms with Crippen molar-refractivity contribution in [2.45, 2.75) is 32.1 Å². The third kappa shape index (κ3) is 2.98.